The quantitative estimate of drug-likeness (QED) is 0.645. The zero-order chi connectivity index (χ0) is 15.7. The summed E-state index contributed by atoms with van der Waals surface area (Å²) in [6, 6.07) is 0. The van der Waals surface area contributed by atoms with Gasteiger partial charge in [-0.3, -0.25) is 0 Å². The number of hydrogen-bond donors (Lipinski definition) is 3. The molecule has 3 N–H and O–H groups in total. The summed E-state index contributed by atoms with van der Waals surface area (Å²) in [4.78, 5) is 0. The van der Waals surface area contributed by atoms with Crippen molar-refractivity contribution in [2.24, 2.45) is 34.5 Å². The Hall–Kier alpha value is -0.120. The molecular weight excluding hydrogens is 276 g/mol. The van der Waals surface area contributed by atoms with Crippen LogP contribution >= 0.6 is 0 Å². The van der Waals surface area contributed by atoms with Gasteiger partial charge in [-0.05, 0) is 85.9 Å². The molecular formula is C19H32O3. The van der Waals surface area contributed by atoms with Crippen LogP contribution in [0.1, 0.15) is 65.2 Å². The first-order valence-electron chi connectivity index (χ1n) is 9.40. The SMILES string of the molecule is C[C@]12CC[C@H]3[C@@H](CCC4C[C@@H](O)CC[C@@]43C)[C@@H]1CC(O)[C@H]2O. The molecule has 0 aromatic carbocycles. The average Bonchev–Trinajstić information content (AvgIpc) is 2.72. The molecule has 4 rings (SSSR count). The second kappa shape index (κ2) is 4.94. The smallest absolute Gasteiger partial charge is 0.0855 e. The van der Waals surface area contributed by atoms with Crippen molar-refractivity contribution in [1.82, 2.24) is 0 Å². The van der Waals surface area contributed by atoms with E-state index in [-0.39, 0.29) is 11.5 Å². The Morgan fingerprint density at radius 2 is 1.50 bits per heavy atom. The van der Waals surface area contributed by atoms with Gasteiger partial charge in [0.1, 0.15) is 0 Å². The lowest BCUT2D eigenvalue weighted by Crippen LogP contribution is -2.54. The van der Waals surface area contributed by atoms with Crippen LogP contribution in [0.15, 0.2) is 0 Å². The lowest BCUT2D eigenvalue weighted by molar-refractivity contribution is -0.135. The maximum Gasteiger partial charge on any atom is 0.0855 e. The summed E-state index contributed by atoms with van der Waals surface area (Å²) in [5, 5.41) is 30.8. The second-order valence-electron chi connectivity index (χ2n) is 9.38. The molecule has 0 heterocycles. The third kappa shape index (κ3) is 1.91. The Morgan fingerprint density at radius 1 is 0.773 bits per heavy atom. The first kappa shape index (κ1) is 15.4. The van der Waals surface area contributed by atoms with E-state index in [0.717, 1.165) is 38.0 Å². The zero-order valence-corrected chi connectivity index (χ0v) is 14.0. The Balaban J connectivity index is 1.63. The highest BCUT2D eigenvalue weighted by Gasteiger charge is 2.61. The lowest BCUT2D eigenvalue weighted by Gasteiger charge is -2.60. The first-order valence-corrected chi connectivity index (χ1v) is 9.40. The van der Waals surface area contributed by atoms with E-state index >= 15 is 0 Å². The first-order chi connectivity index (χ1) is 10.4. The van der Waals surface area contributed by atoms with Gasteiger partial charge >= 0.3 is 0 Å². The zero-order valence-electron chi connectivity index (χ0n) is 14.0. The Kier molecular flexibility index (Phi) is 3.46. The summed E-state index contributed by atoms with van der Waals surface area (Å²) >= 11 is 0. The molecule has 0 amide bonds. The van der Waals surface area contributed by atoms with Crippen molar-refractivity contribution in [3.63, 3.8) is 0 Å². The number of rotatable bonds is 0. The standard InChI is InChI=1S/C19H32O3/c1-18-7-5-12(20)9-11(18)3-4-13-14(18)6-8-19(2)15(13)10-16(21)17(19)22/h11-17,20-22H,3-10H2,1-2H3/t11?,12-,13+,14-,15-,16?,17+,18-,19-/m0/s1. The van der Waals surface area contributed by atoms with Crippen molar-refractivity contribution in [2.75, 3.05) is 0 Å². The van der Waals surface area contributed by atoms with Crippen LogP contribution in [0.2, 0.25) is 0 Å². The maximum atomic E-state index is 10.5. The van der Waals surface area contributed by atoms with E-state index in [9.17, 15) is 15.3 Å². The lowest BCUT2D eigenvalue weighted by atomic mass is 9.45. The molecule has 4 aliphatic rings. The predicted molar refractivity (Wildman–Crippen MR) is 85.1 cm³/mol. The largest absolute Gasteiger partial charge is 0.393 e. The number of fused-ring (bicyclic) bond motifs is 5. The van der Waals surface area contributed by atoms with Gasteiger partial charge in [-0.1, -0.05) is 13.8 Å². The molecule has 0 aromatic rings. The van der Waals surface area contributed by atoms with E-state index in [1.54, 1.807) is 0 Å². The normalized spacial score (nSPS) is 61.2. The fourth-order valence-corrected chi connectivity index (χ4v) is 7.22. The van der Waals surface area contributed by atoms with E-state index in [1.807, 2.05) is 0 Å². The van der Waals surface area contributed by atoms with Gasteiger partial charge in [0.25, 0.3) is 0 Å². The van der Waals surface area contributed by atoms with Crippen LogP contribution < -0.4 is 0 Å². The van der Waals surface area contributed by atoms with Gasteiger partial charge in [0.15, 0.2) is 0 Å². The van der Waals surface area contributed by atoms with Gasteiger partial charge in [-0.15, -0.1) is 0 Å². The van der Waals surface area contributed by atoms with Crippen molar-refractivity contribution in [3.05, 3.63) is 0 Å². The molecule has 4 aliphatic carbocycles. The minimum Gasteiger partial charge on any atom is -0.393 e. The molecule has 0 spiro atoms. The summed E-state index contributed by atoms with van der Waals surface area (Å²) in [5.74, 6) is 2.57. The molecule has 0 bridgehead atoms. The van der Waals surface area contributed by atoms with E-state index in [0.29, 0.717) is 23.2 Å². The van der Waals surface area contributed by atoms with Crippen molar-refractivity contribution in [3.8, 4) is 0 Å². The highest BCUT2D eigenvalue weighted by molar-refractivity contribution is 5.11. The molecule has 3 heteroatoms. The van der Waals surface area contributed by atoms with Crippen molar-refractivity contribution in [1.29, 1.82) is 0 Å². The molecule has 0 aliphatic heterocycles. The minimum atomic E-state index is -0.530. The molecule has 4 saturated carbocycles. The molecule has 0 radical (unpaired) electrons. The number of aliphatic hydroxyl groups is 3. The molecule has 0 aromatic heterocycles. The third-order valence-electron chi connectivity index (χ3n) is 8.61. The fourth-order valence-electron chi connectivity index (χ4n) is 7.22. The Morgan fingerprint density at radius 3 is 2.27 bits per heavy atom. The van der Waals surface area contributed by atoms with Crippen LogP contribution in [-0.4, -0.2) is 33.6 Å². The third-order valence-corrected chi connectivity index (χ3v) is 8.61. The average molecular weight is 308 g/mol. The molecule has 3 nitrogen and oxygen atoms in total. The molecule has 9 atom stereocenters. The molecule has 126 valence electrons. The van der Waals surface area contributed by atoms with Crippen LogP contribution in [0.25, 0.3) is 0 Å². The molecule has 0 saturated heterocycles. The van der Waals surface area contributed by atoms with Gasteiger partial charge in [-0.2, -0.15) is 0 Å². The van der Waals surface area contributed by atoms with E-state index < -0.39 is 12.2 Å². The van der Waals surface area contributed by atoms with Gasteiger partial charge in [0.05, 0.1) is 18.3 Å². The summed E-state index contributed by atoms with van der Waals surface area (Å²) in [6.07, 6.45) is 7.49. The van der Waals surface area contributed by atoms with Crippen molar-refractivity contribution >= 4 is 0 Å². The van der Waals surface area contributed by atoms with Gasteiger partial charge < -0.3 is 15.3 Å². The van der Waals surface area contributed by atoms with Crippen LogP contribution in [-0.2, 0) is 0 Å². The highest BCUT2D eigenvalue weighted by atomic mass is 16.3. The van der Waals surface area contributed by atoms with E-state index in [2.05, 4.69) is 13.8 Å². The van der Waals surface area contributed by atoms with Crippen molar-refractivity contribution < 1.29 is 15.3 Å². The monoisotopic (exact) mass is 308 g/mol. The maximum absolute atomic E-state index is 10.5. The topological polar surface area (TPSA) is 60.7 Å². The van der Waals surface area contributed by atoms with Crippen LogP contribution in [0.5, 0.6) is 0 Å². The van der Waals surface area contributed by atoms with Gasteiger partial charge in [-0.25, -0.2) is 0 Å². The van der Waals surface area contributed by atoms with Gasteiger partial charge in [0, 0.05) is 0 Å². The number of hydrogen-bond acceptors (Lipinski definition) is 3. The second-order valence-corrected chi connectivity index (χ2v) is 9.38. The Bertz CT molecular complexity index is 452. The summed E-state index contributed by atoms with van der Waals surface area (Å²) in [7, 11) is 0. The van der Waals surface area contributed by atoms with Crippen LogP contribution in [0.4, 0.5) is 0 Å². The number of aliphatic hydroxyl groups excluding tert-OH is 3. The van der Waals surface area contributed by atoms with E-state index in [1.165, 1.54) is 19.3 Å². The van der Waals surface area contributed by atoms with E-state index in [4.69, 9.17) is 0 Å². The summed E-state index contributed by atoms with van der Waals surface area (Å²) in [6.45, 7) is 4.69. The minimum absolute atomic E-state index is 0.0715. The highest BCUT2D eigenvalue weighted by Crippen LogP contribution is 2.66. The summed E-state index contributed by atoms with van der Waals surface area (Å²) < 4.78 is 0. The molecule has 22 heavy (non-hydrogen) atoms. The fraction of sp³-hybridized carbons (Fsp3) is 1.00. The molecule has 4 fully saturated rings. The van der Waals surface area contributed by atoms with Crippen molar-refractivity contribution in [2.45, 2.75) is 83.5 Å². The molecule has 2 unspecified atom stereocenters. The Labute approximate surface area is 134 Å². The predicted octanol–water partition coefficient (Wildman–Crippen LogP) is 2.72. The van der Waals surface area contributed by atoms with Gasteiger partial charge in [0.2, 0.25) is 0 Å². The van der Waals surface area contributed by atoms with Crippen LogP contribution in [0, 0.1) is 34.5 Å². The summed E-state index contributed by atoms with van der Waals surface area (Å²) in [5.41, 5.74) is 0.305. The van der Waals surface area contributed by atoms with Crippen LogP contribution in [0.3, 0.4) is 0 Å².